The molecule has 1 aliphatic rings. The number of rotatable bonds is 3. The molecule has 1 aliphatic heterocycles. The van der Waals surface area contributed by atoms with Crippen LogP contribution in [0.3, 0.4) is 0 Å². The third-order valence-corrected chi connectivity index (χ3v) is 4.97. The molecule has 2 aromatic rings. The zero-order valence-corrected chi connectivity index (χ0v) is 14.0. The van der Waals surface area contributed by atoms with Gasteiger partial charge in [0.05, 0.1) is 17.1 Å². The van der Waals surface area contributed by atoms with E-state index in [1.807, 2.05) is 0 Å². The maximum Gasteiger partial charge on any atom is 0.229 e. The molecule has 2 heterocycles. The molecule has 0 aliphatic carbocycles. The van der Waals surface area contributed by atoms with E-state index in [0.29, 0.717) is 20.6 Å². The number of fused-ring (bicyclic) bond motifs is 1. The van der Waals surface area contributed by atoms with Crippen molar-refractivity contribution in [3.8, 4) is 5.75 Å². The summed E-state index contributed by atoms with van der Waals surface area (Å²) in [6, 6.07) is 3.45. The van der Waals surface area contributed by atoms with Crippen LogP contribution in [-0.2, 0) is 4.74 Å². The molecule has 1 fully saturated rings. The largest absolute Gasteiger partial charge is 0.460 e. The van der Waals surface area contributed by atoms with Crippen molar-refractivity contribution in [2.45, 2.75) is 30.7 Å². The van der Waals surface area contributed by atoms with Crippen LogP contribution in [0, 0.1) is 0 Å². The lowest BCUT2D eigenvalue weighted by atomic mass is 9.99. The number of benzene rings is 1. The Bertz CT molecular complexity index is 708. The summed E-state index contributed by atoms with van der Waals surface area (Å²) < 4.78 is 11.6. The van der Waals surface area contributed by atoms with Gasteiger partial charge in [0.15, 0.2) is 0 Å². The fraction of sp³-hybridized carbons (Fsp3) is 0.429. The maximum atomic E-state index is 10.0. The van der Waals surface area contributed by atoms with Crippen LogP contribution >= 0.6 is 27.5 Å². The normalized spacial score (nSPS) is 31.5. The summed E-state index contributed by atoms with van der Waals surface area (Å²) in [4.78, 5) is 2.98. The van der Waals surface area contributed by atoms with E-state index in [4.69, 9.17) is 21.1 Å². The number of hydrogen-bond donors (Lipinski definition) is 5. The van der Waals surface area contributed by atoms with Crippen LogP contribution in [0.1, 0.15) is 0 Å². The average molecular weight is 409 g/mol. The molecule has 5 atom stereocenters. The summed E-state index contributed by atoms with van der Waals surface area (Å²) in [6.45, 7) is -0.514. The molecule has 126 valence electrons. The maximum absolute atomic E-state index is 10.0. The van der Waals surface area contributed by atoms with Crippen molar-refractivity contribution in [1.82, 2.24) is 4.98 Å². The molecule has 9 heteroatoms. The number of aliphatic hydroxyl groups excluding tert-OH is 4. The first kappa shape index (κ1) is 17.0. The molecule has 0 unspecified atom stereocenters. The molecule has 3 rings (SSSR count). The molecule has 0 amide bonds. The van der Waals surface area contributed by atoms with E-state index in [-0.39, 0.29) is 0 Å². The van der Waals surface area contributed by atoms with Crippen LogP contribution in [0.15, 0.2) is 22.8 Å². The SMILES string of the molecule is OC[C@@H]1O[C@@H](Oc2c[nH]c3cc(Cl)c(Br)cc23)[C@@H](O)[C@H](O)[C@H]1O. The minimum absolute atomic E-state index is 0.377. The molecule has 5 N–H and O–H groups in total. The molecule has 0 radical (unpaired) electrons. The number of halogens is 2. The van der Waals surface area contributed by atoms with E-state index >= 15 is 0 Å². The summed E-state index contributed by atoms with van der Waals surface area (Å²) in [5.41, 5.74) is 0.720. The minimum Gasteiger partial charge on any atom is -0.460 e. The molecule has 0 bridgehead atoms. The second-order valence-corrected chi connectivity index (χ2v) is 6.54. The second kappa shape index (κ2) is 6.56. The summed E-state index contributed by atoms with van der Waals surface area (Å²) >= 11 is 9.35. The van der Waals surface area contributed by atoms with Gasteiger partial charge >= 0.3 is 0 Å². The number of nitrogens with one attached hydrogen (secondary N) is 1. The van der Waals surface area contributed by atoms with Gasteiger partial charge in [-0.15, -0.1) is 0 Å². The van der Waals surface area contributed by atoms with E-state index in [2.05, 4.69) is 20.9 Å². The van der Waals surface area contributed by atoms with Crippen molar-refractivity contribution >= 4 is 38.4 Å². The van der Waals surface area contributed by atoms with E-state index in [9.17, 15) is 20.4 Å². The molecule has 1 saturated heterocycles. The molecular weight excluding hydrogens is 394 g/mol. The first-order valence-electron chi connectivity index (χ1n) is 6.85. The van der Waals surface area contributed by atoms with E-state index in [1.54, 1.807) is 18.3 Å². The first-order valence-corrected chi connectivity index (χ1v) is 8.02. The van der Waals surface area contributed by atoms with Crippen molar-refractivity contribution < 1.29 is 29.9 Å². The predicted molar refractivity (Wildman–Crippen MR) is 85.4 cm³/mol. The number of hydrogen-bond acceptors (Lipinski definition) is 6. The smallest absolute Gasteiger partial charge is 0.229 e. The highest BCUT2D eigenvalue weighted by Gasteiger charge is 2.44. The zero-order chi connectivity index (χ0) is 16.7. The van der Waals surface area contributed by atoms with Crippen molar-refractivity contribution in [2.75, 3.05) is 6.61 Å². The van der Waals surface area contributed by atoms with Crippen LogP contribution < -0.4 is 4.74 Å². The monoisotopic (exact) mass is 407 g/mol. The van der Waals surface area contributed by atoms with Gasteiger partial charge in [-0.05, 0) is 28.1 Å². The minimum atomic E-state index is -1.49. The van der Waals surface area contributed by atoms with Gasteiger partial charge in [-0.1, -0.05) is 11.6 Å². The van der Waals surface area contributed by atoms with Gasteiger partial charge in [0.2, 0.25) is 6.29 Å². The molecule has 23 heavy (non-hydrogen) atoms. The van der Waals surface area contributed by atoms with Gasteiger partial charge in [0, 0.05) is 16.1 Å². The Morgan fingerprint density at radius 3 is 2.65 bits per heavy atom. The molecule has 0 saturated carbocycles. The quantitative estimate of drug-likeness (QED) is 0.512. The van der Waals surface area contributed by atoms with Gasteiger partial charge in [-0.3, -0.25) is 0 Å². The number of aliphatic hydroxyl groups is 4. The summed E-state index contributed by atoms with van der Waals surface area (Å²) in [5, 5.41) is 40.0. The van der Waals surface area contributed by atoms with Crippen LogP contribution in [0.5, 0.6) is 5.75 Å². The van der Waals surface area contributed by atoms with Gasteiger partial charge in [-0.25, -0.2) is 0 Å². The van der Waals surface area contributed by atoms with Crippen molar-refractivity contribution in [3.05, 3.63) is 27.8 Å². The third kappa shape index (κ3) is 3.08. The Labute approximate surface area is 144 Å². The lowest BCUT2D eigenvalue weighted by molar-refractivity contribution is -0.277. The molecule has 0 spiro atoms. The fourth-order valence-electron chi connectivity index (χ4n) is 2.48. The van der Waals surface area contributed by atoms with Gasteiger partial charge in [0.1, 0.15) is 30.2 Å². The summed E-state index contributed by atoms with van der Waals surface area (Å²) in [7, 11) is 0. The Balaban J connectivity index is 1.88. The second-order valence-electron chi connectivity index (χ2n) is 5.28. The first-order chi connectivity index (χ1) is 10.9. The van der Waals surface area contributed by atoms with Crippen LogP contribution in [0.25, 0.3) is 10.9 Å². The average Bonchev–Trinajstić information content (AvgIpc) is 2.90. The highest BCUT2D eigenvalue weighted by atomic mass is 79.9. The van der Waals surface area contributed by atoms with E-state index in [1.165, 1.54) is 0 Å². The highest BCUT2D eigenvalue weighted by molar-refractivity contribution is 9.10. The zero-order valence-electron chi connectivity index (χ0n) is 11.7. The van der Waals surface area contributed by atoms with Crippen LogP contribution in [0.2, 0.25) is 5.02 Å². The van der Waals surface area contributed by atoms with Gasteiger partial charge in [0.25, 0.3) is 0 Å². The Morgan fingerprint density at radius 1 is 1.22 bits per heavy atom. The van der Waals surface area contributed by atoms with Gasteiger partial charge in [-0.2, -0.15) is 0 Å². The fourth-order valence-corrected chi connectivity index (χ4v) is 2.99. The Hall–Kier alpha value is -0.870. The highest BCUT2D eigenvalue weighted by Crippen LogP contribution is 2.34. The third-order valence-electron chi connectivity index (χ3n) is 3.78. The van der Waals surface area contributed by atoms with Gasteiger partial charge < -0.3 is 34.9 Å². The number of aromatic amines is 1. The summed E-state index contributed by atoms with van der Waals surface area (Å²) in [6.07, 6.45) is -5.07. The van der Waals surface area contributed by atoms with E-state index in [0.717, 1.165) is 5.52 Å². The number of H-pyrrole nitrogens is 1. The lowest BCUT2D eigenvalue weighted by Crippen LogP contribution is -2.60. The molecule has 7 nitrogen and oxygen atoms in total. The lowest BCUT2D eigenvalue weighted by Gasteiger charge is -2.39. The van der Waals surface area contributed by atoms with Crippen LogP contribution in [-0.4, -0.2) is 62.7 Å². The number of ether oxygens (including phenoxy) is 2. The van der Waals surface area contributed by atoms with Crippen molar-refractivity contribution in [3.63, 3.8) is 0 Å². The Kier molecular flexibility index (Phi) is 4.84. The molecule has 1 aromatic carbocycles. The van der Waals surface area contributed by atoms with E-state index < -0.39 is 37.3 Å². The Morgan fingerprint density at radius 2 is 1.96 bits per heavy atom. The van der Waals surface area contributed by atoms with Crippen molar-refractivity contribution in [1.29, 1.82) is 0 Å². The van der Waals surface area contributed by atoms with Crippen molar-refractivity contribution in [2.24, 2.45) is 0 Å². The standard InChI is InChI=1S/C14H15BrClNO6/c15-6-1-5-8(2-7(6)16)17-3-9(5)22-14-13(21)12(20)11(19)10(4-18)23-14/h1-3,10-14,17-21H,4H2/t10-,11-,12+,13-,14+/m0/s1. The molecular formula is C14H15BrClNO6. The van der Waals surface area contributed by atoms with Crippen LogP contribution in [0.4, 0.5) is 0 Å². The predicted octanol–water partition coefficient (Wildman–Crippen LogP) is 0.762. The summed E-state index contributed by atoms with van der Waals surface area (Å²) in [5.74, 6) is 0.377. The topological polar surface area (TPSA) is 115 Å². The number of aromatic nitrogens is 1. The molecule has 1 aromatic heterocycles.